The molecule has 5 nitrogen and oxygen atoms in total. The van der Waals surface area contributed by atoms with Gasteiger partial charge in [0.1, 0.15) is 0 Å². The lowest BCUT2D eigenvalue weighted by atomic mass is 9.98. The average Bonchev–Trinajstić information content (AvgIpc) is 2.93. The second kappa shape index (κ2) is 8.68. The Kier molecular flexibility index (Phi) is 6.89. The van der Waals surface area contributed by atoms with Crippen molar-refractivity contribution >= 4 is 16.5 Å². The largest absolute Gasteiger partial charge is 0.383 e. The molecule has 0 saturated carbocycles. The Morgan fingerprint density at radius 3 is 2.62 bits per heavy atom. The van der Waals surface area contributed by atoms with Crippen LogP contribution in [0.5, 0.6) is 0 Å². The fourth-order valence-electron chi connectivity index (χ4n) is 2.69. The molecule has 0 fully saturated rings. The Morgan fingerprint density at radius 1 is 1.29 bits per heavy atom. The van der Waals surface area contributed by atoms with Crippen LogP contribution in [0, 0.1) is 0 Å². The number of aryl methyl sites for hydroxylation is 1. The van der Waals surface area contributed by atoms with Gasteiger partial charge in [0.05, 0.1) is 18.9 Å². The fourth-order valence-corrected chi connectivity index (χ4v) is 3.96. The van der Waals surface area contributed by atoms with Crippen LogP contribution in [0.25, 0.3) is 0 Å². The van der Waals surface area contributed by atoms with Gasteiger partial charge in [-0.1, -0.05) is 18.3 Å². The predicted octanol–water partition coefficient (Wildman–Crippen LogP) is 2.23. The summed E-state index contributed by atoms with van der Waals surface area (Å²) in [6.07, 6.45) is 3.55. The summed E-state index contributed by atoms with van der Waals surface area (Å²) in [5, 5.41) is 4.69. The number of ether oxygens (including phenoxy) is 2. The third-order valence-electron chi connectivity index (χ3n) is 3.79. The smallest absolute Gasteiger partial charge is 0.185 e. The zero-order valence-corrected chi connectivity index (χ0v) is 14.2. The molecule has 1 aliphatic carbocycles. The summed E-state index contributed by atoms with van der Waals surface area (Å²) in [7, 11) is 3.48. The van der Waals surface area contributed by atoms with E-state index >= 15 is 0 Å². The van der Waals surface area contributed by atoms with Crippen molar-refractivity contribution in [3.8, 4) is 0 Å². The maximum absolute atomic E-state index is 5.22. The minimum atomic E-state index is 0.483. The highest BCUT2D eigenvalue weighted by atomic mass is 32.1. The third-order valence-corrected chi connectivity index (χ3v) is 5.06. The molecule has 2 rings (SSSR count). The molecule has 1 aromatic heterocycles. The second-order valence-electron chi connectivity index (χ2n) is 5.28. The van der Waals surface area contributed by atoms with Crippen LogP contribution in [0.1, 0.15) is 36.4 Å². The molecule has 0 aliphatic heterocycles. The average molecular weight is 313 g/mol. The van der Waals surface area contributed by atoms with E-state index in [9.17, 15) is 0 Å². The first-order valence-electron chi connectivity index (χ1n) is 7.76. The molecule has 0 radical (unpaired) electrons. The van der Waals surface area contributed by atoms with Crippen molar-refractivity contribution in [3.05, 3.63) is 10.6 Å². The van der Waals surface area contributed by atoms with Crippen molar-refractivity contribution in [3.63, 3.8) is 0 Å². The number of nitrogens with one attached hydrogen (secondary N) is 1. The molecule has 1 aliphatic rings. The molecule has 0 spiro atoms. The first-order valence-corrected chi connectivity index (χ1v) is 8.57. The number of rotatable bonds is 9. The van der Waals surface area contributed by atoms with Gasteiger partial charge in [-0.15, -0.1) is 0 Å². The molecule has 1 aromatic rings. The van der Waals surface area contributed by atoms with Gasteiger partial charge < -0.3 is 19.7 Å². The van der Waals surface area contributed by atoms with Crippen LogP contribution in [-0.2, 0) is 15.9 Å². The van der Waals surface area contributed by atoms with Crippen LogP contribution in [0.3, 0.4) is 0 Å². The highest BCUT2D eigenvalue weighted by Gasteiger charge is 2.25. The number of aromatic nitrogens is 1. The van der Waals surface area contributed by atoms with Gasteiger partial charge in [-0.05, 0) is 25.8 Å². The topological polar surface area (TPSA) is 46.6 Å². The summed E-state index contributed by atoms with van der Waals surface area (Å²) in [4.78, 5) is 8.59. The van der Waals surface area contributed by atoms with Crippen molar-refractivity contribution in [2.45, 2.75) is 32.2 Å². The Hall–Kier alpha value is -0.690. The van der Waals surface area contributed by atoms with Gasteiger partial charge in [-0.25, -0.2) is 4.98 Å². The molecule has 21 heavy (non-hydrogen) atoms. The van der Waals surface area contributed by atoms with E-state index in [-0.39, 0.29) is 0 Å². The summed E-state index contributed by atoms with van der Waals surface area (Å²) in [5.41, 5.74) is 1.28. The van der Waals surface area contributed by atoms with E-state index in [0.29, 0.717) is 19.3 Å². The maximum atomic E-state index is 5.22. The molecule has 0 saturated heterocycles. The number of hydrogen-bond acceptors (Lipinski definition) is 6. The molecule has 0 aromatic carbocycles. The van der Waals surface area contributed by atoms with Crippen LogP contribution in [-0.4, -0.2) is 52.1 Å². The lowest BCUT2D eigenvalue weighted by molar-refractivity contribution is 0.190. The number of methoxy groups -OCH3 is 2. The molecule has 1 heterocycles. The minimum absolute atomic E-state index is 0.483. The van der Waals surface area contributed by atoms with E-state index in [1.165, 1.54) is 23.4 Å². The number of nitrogens with zero attached hydrogens (tertiary/aromatic N) is 2. The molecule has 1 unspecified atom stereocenters. The van der Waals surface area contributed by atoms with Crippen molar-refractivity contribution in [2.24, 2.45) is 0 Å². The Bertz CT molecular complexity index is 417. The summed E-state index contributed by atoms with van der Waals surface area (Å²) >= 11 is 1.83. The zero-order chi connectivity index (χ0) is 15.1. The van der Waals surface area contributed by atoms with Gasteiger partial charge in [0.15, 0.2) is 5.13 Å². The van der Waals surface area contributed by atoms with Crippen LogP contribution in [0.2, 0.25) is 0 Å². The number of fused-ring (bicyclic) bond motifs is 1. The first kappa shape index (κ1) is 16.7. The standard InChI is InChI=1S/C15H27N3O2S/c1-4-16-12-6-5-7-13-14(12)21-15(17-13)18(8-10-19-2)9-11-20-3/h12,16H,4-11H2,1-3H3. The molecular formula is C15H27N3O2S. The van der Waals surface area contributed by atoms with Crippen LogP contribution < -0.4 is 10.2 Å². The van der Waals surface area contributed by atoms with Gasteiger partial charge in [0.25, 0.3) is 0 Å². The SMILES string of the molecule is CCNC1CCCc2nc(N(CCOC)CCOC)sc21. The van der Waals surface area contributed by atoms with E-state index in [0.717, 1.165) is 31.2 Å². The van der Waals surface area contributed by atoms with Crippen molar-refractivity contribution in [1.29, 1.82) is 0 Å². The van der Waals surface area contributed by atoms with Crippen LogP contribution >= 0.6 is 11.3 Å². The Balaban J connectivity index is 2.13. The van der Waals surface area contributed by atoms with Crippen molar-refractivity contribution < 1.29 is 9.47 Å². The molecule has 0 bridgehead atoms. The van der Waals surface area contributed by atoms with E-state index in [1.807, 2.05) is 11.3 Å². The van der Waals surface area contributed by atoms with Gasteiger partial charge in [-0.3, -0.25) is 0 Å². The zero-order valence-electron chi connectivity index (χ0n) is 13.4. The van der Waals surface area contributed by atoms with E-state index in [2.05, 4.69) is 17.1 Å². The number of thiazole rings is 1. The normalized spacial score (nSPS) is 17.8. The quantitative estimate of drug-likeness (QED) is 0.757. The lowest BCUT2D eigenvalue weighted by Gasteiger charge is -2.21. The highest BCUT2D eigenvalue weighted by Crippen LogP contribution is 2.37. The van der Waals surface area contributed by atoms with Crippen LogP contribution in [0.15, 0.2) is 0 Å². The van der Waals surface area contributed by atoms with Gasteiger partial charge in [0, 0.05) is 38.2 Å². The number of hydrogen-bond donors (Lipinski definition) is 1. The van der Waals surface area contributed by atoms with Crippen LogP contribution in [0.4, 0.5) is 5.13 Å². The minimum Gasteiger partial charge on any atom is -0.383 e. The van der Waals surface area contributed by atoms with E-state index in [1.54, 1.807) is 14.2 Å². The lowest BCUT2D eigenvalue weighted by Crippen LogP contribution is -2.30. The predicted molar refractivity (Wildman–Crippen MR) is 87.4 cm³/mol. The van der Waals surface area contributed by atoms with Crippen molar-refractivity contribution in [2.75, 3.05) is 52.0 Å². The summed E-state index contributed by atoms with van der Waals surface area (Å²) in [6.45, 7) is 6.32. The maximum Gasteiger partial charge on any atom is 0.185 e. The van der Waals surface area contributed by atoms with Crippen molar-refractivity contribution in [1.82, 2.24) is 10.3 Å². The first-order chi connectivity index (χ1) is 10.3. The Morgan fingerprint density at radius 2 is 2.00 bits per heavy atom. The Labute approximate surface area is 131 Å². The van der Waals surface area contributed by atoms with E-state index in [4.69, 9.17) is 14.5 Å². The molecule has 6 heteroatoms. The van der Waals surface area contributed by atoms with Gasteiger partial charge >= 0.3 is 0 Å². The van der Waals surface area contributed by atoms with Gasteiger partial charge in [0.2, 0.25) is 0 Å². The molecule has 120 valence electrons. The van der Waals surface area contributed by atoms with E-state index < -0.39 is 0 Å². The highest BCUT2D eigenvalue weighted by molar-refractivity contribution is 7.15. The summed E-state index contributed by atoms with van der Waals surface area (Å²) in [5.74, 6) is 0. The monoisotopic (exact) mass is 313 g/mol. The molecule has 1 atom stereocenters. The van der Waals surface area contributed by atoms with Gasteiger partial charge in [-0.2, -0.15) is 0 Å². The fraction of sp³-hybridized carbons (Fsp3) is 0.800. The molecule has 1 N–H and O–H groups in total. The number of anilines is 1. The third kappa shape index (κ3) is 4.39. The summed E-state index contributed by atoms with van der Waals surface area (Å²) in [6, 6.07) is 0.483. The molecule has 0 amide bonds. The molecular weight excluding hydrogens is 286 g/mol. The summed E-state index contributed by atoms with van der Waals surface area (Å²) < 4.78 is 10.4. The second-order valence-corrected chi connectivity index (χ2v) is 6.29.